The molecule has 0 spiro atoms. The van der Waals surface area contributed by atoms with Gasteiger partial charge < -0.3 is 4.90 Å². The van der Waals surface area contributed by atoms with Gasteiger partial charge in [-0.2, -0.15) is 0 Å². The SMILES string of the molecule is CN(C)CC(=O)N1CN(c2ccccc2)C(=O)c2ccccc21. The first-order valence-corrected chi connectivity index (χ1v) is 7.49. The normalized spacial score (nSPS) is 14.1. The molecule has 2 aromatic rings. The van der Waals surface area contributed by atoms with Gasteiger partial charge in [-0.3, -0.25) is 19.4 Å². The molecular formula is C18H19N3O2. The van der Waals surface area contributed by atoms with Crippen LogP contribution in [0, 0.1) is 0 Å². The van der Waals surface area contributed by atoms with Crippen molar-refractivity contribution in [3.63, 3.8) is 0 Å². The zero-order chi connectivity index (χ0) is 16.4. The van der Waals surface area contributed by atoms with Gasteiger partial charge in [0.25, 0.3) is 5.91 Å². The predicted octanol–water partition coefficient (Wildman–Crippen LogP) is 2.20. The van der Waals surface area contributed by atoms with Gasteiger partial charge in [0.15, 0.2) is 0 Å². The number of amides is 2. The first-order valence-electron chi connectivity index (χ1n) is 7.49. The summed E-state index contributed by atoms with van der Waals surface area (Å²) >= 11 is 0. The summed E-state index contributed by atoms with van der Waals surface area (Å²) in [4.78, 5) is 30.5. The molecule has 1 heterocycles. The minimum absolute atomic E-state index is 0.0316. The summed E-state index contributed by atoms with van der Waals surface area (Å²) in [5, 5.41) is 0. The Morgan fingerprint density at radius 1 is 1.04 bits per heavy atom. The molecule has 5 nitrogen and oxygen atoms in total. The third kappa shape index (κ3) is 2.96. The lowest BCUT2D eigenvalue weighted by Gasteiger charge is -2.37. The van der Waals surface area contributed by atoms with Crippen molar-refractivity contribution < 1.29 is 9.59 Å². The average Bonchev–Trinajstić information content (AvgIpc) is 2.55. The van der Waals surface area contributed by atoms with Crippen molar-refractivity contribution in [3.05, 3.63) is 60.2 Å². The van der Waals surface area contributed by atoms with E-state index in [0.717, 1.165) is 5.69 Å². The van der Waals surface area contributed by atoms with Crippen LogP contribution in [0.4, 0.5) is 11.4 Å². The van der Waals surface area contributed by atoms with E-state index in [0.29, 0.717) is 17.8 Å². The molecule has 0 atom stereocenters. The number of carbonyl (C=O) groups is 2. The van der Waals surface area contributed by atoms with Crippen molar-refractivity contribution in [1.29, 1.82) is 0 Å². The molecule has 23 heavy (non-hydrogen) atoms. The lowest BCUT2D eigenvalue weighted by Crippen LogP contribution is -2.51. The van der Waals surface area contributed by atoms with Crippen molar-refractivity contribution in [3.8, 4) is 0 Å². The van der Waals surface area contributed by atoms with Gasteiger partial charge in [0.2, 0.25) is 5.91 Å². The number of para-hydroxylation sites is 2. The van der Waals surface area contributed by atoms with Crippen molar-refractivity contribution in [2.75, 3.05) is 37.1 Å². The smallest absolute Gasteiger partial charge is 0.261 e. The van der Waals surface area contributed by atoms with Crippen LogP contribution in [0.25, 0.3) is 0 Å². The van der Waals surface area contributed by atoms with Gasteiger partial charge in [-0.05, 0) is 38.4 Å². The molecular weight excluding hydrogens is 290 g/mol. The minimum atomic E-state index is -0.0827. The highest BCUT2D eigenvalue weighted by atomic mass is 16.2. The Kier molecular flexibility index (Phi) is 4.12. The van der Waals surface area contributed by atoms with Crippen molar-refractivity contribution >= 4 is 23.2 Å². The van der Waals surface area contributed by atoms with Crippen LogP contribution in [-0.2, 0) is 4.79 Å². The van der Waals surface area contributed by atoms with Crippen LogP contribution in [0.3, 0.4) is 0 Å². The van der Waals surface area contributed by atoms with Crippen LogP contribution in [0.15, 0.2) is 54.6 Å². The molecule has 0 unspecified atom stereocenters. The number of anilines is 2. The zero-order valence-corrected chi connectivity index (χ0v) is 13.3. The quantitative estimate of drug-likeness (QED) is 0.873. The Hall–Kier alpha value is -2.66. The average molecular weight is 309 g/mol. The topological polar surface area (TPSA) is 43.9 Å². The Bertz CT molecular complexity index is 728. The van der Waals surface area contributed by atoms with Gasteiger partial charge in [-0.15, -0.1) is 0 Å². The molecule has 0 aromatic heterocycles. The van der Waals surface area contributed by atoms with E-state index in [1.165, 1.54) is 0 Å². The molecule has 0 saturated heterocycles. The van der Waals surface area contributed by atoms with Crippen LogP contribution in [0.5, 0.6) is 0 Å². The van der Waals surface area contributed by atoms with Gasteiger partial charge in [0.05, 0.1) is 17.8 Å². The van der Waals surface area contributed by atoms with Gasteiger partial charge in [-0.25, -0.2) is 0 Å². The zero-order valence-electron chi connectivity index (χ0n) is 13.3. The molecule has 0 fully saturated rings. The number of carbonyl (C=O) groups excluding carboxylic acids is 2. The molecule has 3 rings (SSSR count). The fourth-order valence-corrected chi connectivity index (χ4v) is 2.69. The molecule has 0 N–H and O–H groups in total. The van der Waals surface area contributed by atoms with E-state index < -0.39 is 0 Å². The molecule has 0 saturated carbocycles. The maximum atomic E-state index is 12.8. The Morgan fingerprint density at radius 2 is 1.70 bits per heavy atom. The summed E-state index contributed by atoms with van der Waals surface area (Å²) in [6, 6.07) is 16.7. The molecule has 0 bridgehead atoms. The van der Waals surface area contributed by atoms with Crippen LogP contribution in [0.2, 0.25) is 0 Å². The number of hydrogen-bond acceptors (Lipinski definition) is 3. The molecule has 0 radical (unpaired) electrons. The number of rotatable bonds is 3. The van der Waals surface area contributed by atoms with E-state index in [1.807, 2.05) is 67.5 Å². The van der Waals surface area contributed by atoms with E-state index in [-0.39, 0.29) is 18.5 Å². The number of fused-ring (bicyclic) bond motifs is 1. The summed E-state index contributed by atoms with van der Waals surface area (Å²) in [6.07, 6.45) is 0. The lowest BCUT2D eigenvalue weighted by molar-refractivity contribution is -0.119. The van der Waals surface area contributed by atoms with Crippen LogP contribution in [0.1, 0.15) is 10.4 Å². The number of nitrogens with zero attached hydrogens (tertiary/aromatic N) is 3. The highest BCUT2D eigenvalue weighted by molar-refractivity contribution is 6.15. The Morgan fingerprint density at radius 3 is 2.39 bits per heavy atom. The number of hydrogen-bond donors (Lipinski definition) is 0. The molecule has 2 aromatic carbocycles. The second kappa shape index (κ2) is 6.22. The highest BCUT2D eigenvalue weighted by Crippen LogP contribution is 2.30. The number of benzene rings is 2. The fourth-order valence-electron chi connectivity index (χ4n) is 2.69. The van der Waals surface area contributed by atoms with Crippen molar-refractivity contribution in [1.82, 2.24) is 4.90 Å². The Balaban J connectivity index is 2.02. The van der Waals surface area contributed by atoms with Crippen molar-refractivity contribution in [2.24, 2.45) is 0 Å². The van der Waals surface area contributed by atoms with E-state index >= 15 is 0 Å². The van der Waals surface area contributed by atoms with Gasteiger partial charge in [-0.1, -0.05) is 30.3 Å². The van der Waals surface area contributed by atoms with Gasteiger partial charge >= 0.3 is 0 Å². The van der Waals surface area contributed by atoms with E-state index in [1.54, 1.807) is 15.9 Å². The molecule has 2 amide bonds. The first-order chi connectivity index (χ1) is 11.1. The fraction of sp³-hybridized carbons (Fsp3) is 0.222. The summed E-state index contributed by atoms with van der Waals surface area (Å²) in [5.74, 6) is -0.114. The molecule has 5 heteroatoms. The molecule has 0 aliphatic carbocycles. The Labute approximate surface area is 135 Å². The number of likely N-dealkylation sites (N-methyl/N-ethyl adjacent to an activating group) is 1. The van der Waals surface area contributed by atoms with Crippen LogP contribution >= 0.6 is 0 Å². The maximum Gasteiger partial charge on any atom is 0.261 e. The monoisotopic (exact) mass is 309 g/mol. The second-order valence-electron chi connectivity index (χ2n) is 5.79. The summed E-state index contributed by atoms with van der Waals surface area (Å²) in [5.41, 5.74) is 2.01. The van der Waals surface area contributed by atoms with Gasteiger partial charge in [0.1, 0.15) is 6.67 Å². The second-order valence-corrected chi connectivity index (χ2v) is 5.79. The predicted molar refractivity (Wildman–Crippen MR) is 90.6 cm³/mol. The third-order valence-corrected chi connectivity index (χ3v) is 3.77. The molecule has 1 aliphatic heterocycles. The largest absolute Gasteiger partial charge is 0.301 e. The van der Waals surface area contributed by atoms with Crippen LogP contribution in [-0.4, -0.2) is 44.0 Å². The summed E-state index contributed by atoms with van der Waals surface area (Å²) in [6.45, 7) is 0.525. The molecule has 1 aliphatic rings. The standard InChI is InChI=1S/C18H19N3O2/c1-19(2)12-17(22)21-13-20(14-8-4-3-5-9-14)18(23)15-10-6-7-11-16(15)21/h3-11H,12-13H2,1-2H3. The summed E-state index contributed by atoms with van der Waals surface area (Å²) < 4.78 is 0. The van der Waals surface area contributed by atoms with Crippen molar-refractivity contribution in [2.45, 2.75) is 0 Å². The van der Waals surface area contributed by atoms with E-state index in [9.17, 15) is 9.59 Å². The highest BCUT2D eigenvalue weighted by Gasteiger charge is 2.32. The summed E-state index contributed by atoms with van der Waals surface area (Å²) in [7, 11) is 3.71. The van der Waals surface area contributed by atoms with Crippen LogP contribution < -0.4 is 9.80 Å². The van der Waals surface area contributed by atoms with E-state index in [4.69, 9.17) is 0 Å². The maximum absolute atomic E-state index is 12.8. The first kappa shape index (κ1) is 15.2. The minimum Gasteiger partial charge on any atom is -0.301 e. The lowest BCUT2D eigenvalue weighted by atomic mass is 10.1. The van der Waals surface area contributed by atoms with E-state index in [2.05, 4.69) is 0 Å². The molecule has 118 valence electrons. The third-order valence-electron chi connectivity index (χ3n) is 3.77. The van der Waals surface area contributed by atoms with Gasteiger partial charge in [0, 0.05) is 5.69 Å².